The minimum Gasteiger partial charge on any atom is -0.593 e. The molecular formula is C23H17F4N5O2S. The molecule has 180 valence electrons. The van der Waals surface area contributed by atoms with E-state index in [1.165, 1.54) is 24.5 Å². The first-order chi connectivity index (χ1) is 16.9. The number of anilines is 2. The van der Waals surface area contributed by atoms with E-state index in [9.17, 15) is 22.1 Å². The maximum atomic E-state index is 14.8. The van der Waals surface area contributed by atoms with Crippen LogP contribution in [0.3, 0.4) is 0 Å². The zero-order valence-corrected chi connectivity index (χ0v) is 18.9. The van der Waals surface area contributed by atoms with Gasteiger partial charge in [0.1, 0.15) is 5.82 Å². The number of hydrogen-bond acceptors (Lipinski definition) is 7. The van der Waals surface area contributed by atoms with Gasteiger partial charge in [-0.15, -0.1) is 0 Å². The van der Waals surface area contributed by atoms with Gasteiger partial charge in [-0.25, -0.2) is 32.8 Å². The molecule has 4 aromatic rings. The van der Waals surface area contributed by atoms with Gasteiger partial charge in [0.2, 0.25) is 17.6 Å². The smallest absolute Gasteiger partial charge is 0.228 e. The Labute approximate surface area is 200 Å². The van der Waals surface area contributed by atoms with Gasteiger partial charge in [-0.3, -0.25) is 0 Å². The predicted molar refractivity (Wildman–Crippen MR) is 123 cm³/mol. The summed E-state index contributed by atoms with van der Waals surface area (Å²) in [6.45, 7) is 0. The van der Waals surface area contributed by atoms with Gasteiger partial charge in [-0.1, -0.05) is 12.1 Å². The summed E-state index contributed by atoms with van der Waals surface area (Å²) in [5.74, 6) is -5.64. The average molecular weight is 503 g/mol. The summed E-state index contributed by atoms with van der Waals surface area (Å²) >= 11 is -2.03. The van der Waals surface area contributed by atoms with Gasteiger partial charge in [0.15, 0.2) is 28.8 Å². The molecule has 12 heteroatoms. The van der Waals surface area contributed by atoms with Crippen molar-refractivity contribution in [2.24, 2.45) is 0 Å². The molecule has 7 nitrogen and oxygen atoms in total. The van der Waals surface area contributed by atoms with E-state index < -0.39 is 46.1 Å². The maximum absolute atomic E-state index is 14.8. The van der Waals surface area contributed by atoms with Gasteiger partial charge in [-0.05, 0) is 30.3 Å². The van der Waals surface area contributed by atoms with Crippen molar-refractivity contribution in [3.63, 3.8) is 0 Å². The van der Waals surface area contributed by atoms with Crippen LogP contribution in [0.4, 0.5) is 29.2 Å². The highest BCUT2D eigenvalue weighted by Gasteiger charge is 2.25. The summed E-state index contributed by atoms with van der Waals surface area (Å²) in [4.78, 5) is 12.3. The van der Waals surface area contributed by atoms with Crippen molar-refractivity contribution >= 4 is 23.0 Å². The molecule has 1 atom stereocenters. The standard InChI is InChI=1S/C23H17F4N5O2S/c1-28-23-30-10-8-17(31-23)15-3-2-9-29-22(15)34-18-11-16(25)21(20(27)19(18)26)32-35(33)12-13-4-6-14(24)7-5-13/h2-11,32H,12H2,1H3,(H,28,30,31). The number of nitrogens with one attached hydrogen (secondary N) is 2. The summed E-state index contributed by atoms with van der Waals surface area (Å²) in [6.07, 6.45) is 2.84. The molecule has 2 aromatic heterocycles. The van der Waals surface area contributed by atoms with Gasteiger partial charge in [0.05, 0.1) is 22.6 Å². The zero-order chi connectivity index (χ0) is 24.9. The van der Waals surface area contributed by atoms with E-state index in [1.807, 2.05) is 0 Å². The number of rotatable bonds is 8. The van der Waals surface area contributed by atoms with Crippen molar-refractivity contribution in [2.45, 2.75) is 5.75 Å². The molecule has 0 amide bonds. The lowest BCUT2D eigenvalue weighted by molar-refractivity contribution is 0.401. The molecule has 0 fully saturated rings. The quantitative estimate of drug-likeness (QED) is 0.194. The van der Waals surface area contributed by atoms with Crippen molar-refractivity contribution in [1.29, 1.82) is 0 Å². The summed E-state index contributed by atoms with van der Waals surface area (Å²) in [7, 11) is 1.63. The minimum absolute atomic E-state index is 0.147. The molecule has 0 spiro atoms. The van der Waals surface area contributed by atoms with Gasteiger partial charge in [0, 0.05) is 31.1 Å². The lowest BCUT2D eigenvalue weighted by Crippen LogP contribution is -2.18. The maximum Gasteiger partial charge on any atom is 0.228 e. The SMILES string of the molecule is CNc1nccc(-c2cccnc2Oc2cc(F)c(N[S+]([O-])Cc3ccc(F)cc3)c(F)c2F)n1. The third-order valence-corrected chi connectivity index (χ3v) is 5.71. The highest BCUT2D eigenvalue weighted by Crippen LogP contribution is 2.35. The van der Waals surface area contributed by atoms with E-state index in [0.29, 0.717) is 28.8 Å². The van der Waals surface area contributed by atoms with E-state index in [0.717, 1.165) is 12.1 Å². The number of benzene rings is 2. The lowest BCUT2D eigenvalue weighted by Gasteiger charge is -2.15. The van der Waals surface area contributed by atoms with Crippen LogP contribution in [0.15, 0.2) is 60.9 Å². The molecule has 0 aliphatic heterocycles. The Morgan fingerprint density at radius 1 is 0.971 bits per heavy atom. The van der Waals surface area contributed by atoms with E-state index in [-0.39, 0.29) is 11.6 Å². The van der Waals surface area contributed by atoms with E-state index in [2.05, 4.69) is 25.0 Å². The molecular weight excluding hydrogens is 486 g/mol. The van der Waals surface area contributed by atoms with E-state index in [1.54, 1.807) is 25.2 Å². The molecule has 0 bridgehead atoms. The molecule has 0 radical (unpaired) electrons. The lowest BCUT2D eigenvalue weighted by atomic mass is 10.2. The van der Waals surface area contributed by atoms with Crippen LogP contribution in [0.2, 0.25) is 0 Å². The Balaban J connectivity index is 1.58. The van der Waals surface area contributed by atoms with Crippen molar-refractivity contribution in [3.8, 4) is 22.9 Å². The Morgan fingerprint density at radius 3 is 2.49 bits per heavy atom. The highest BCUT2D eigenvalue weighted by molar-refractivity contribution is 7.91. The fourth-order valence-electron chi connectivity index (χ4n) is 3.02. The Hall–Kier alpha value is -3.90. The second-order valence-corrected chi connectivity index (χ2v) is 8.24. The first-order valence-electron chi connectivity index (χ1n) is 10.1. The molecule has 4 rings (SSSR count). The van der Waals surface area contributed by atoms with Crippen molar-refractivity contribution in [3.05, 3.63) is 89.8 Å². The second-order valence-electron chi connectivity index (χ2n) is 7.05. The molecule has 2 heterocycles. The molecule has 0 saturated carbocycles. The first-order valence-corrected chi connectivity index (χ1v) is 11.4. The average Bonchev–Trinajstić information content (AvgIpc) is 2.87. The van der Waals surface area contributed by atoms with Crippen LogP contribution in [0.5, 0.6) is 11.6 Å². The Kier molecular flexibility index (Phi) is 7.32. The summed E-state index contributed by atoms with van der Waals surface area (Å²) in [5, 5.41) is 2.78. The largest absolute Gasteiger partial charge is 0.593 e. The van der Waals surface area contributed by atoms with Crippen molar-refractivity contribution in [2.75, 3.05) is 17.1 Å². The van der Waals surface area contributed by atoms with Gasteiger partial charge >= 0.3 is 0 Å². The van der Waals surface area contributed by atoms with E-state index in [4.69, 9.17) is 4.74 Å². The molecule has 35 heavy (non-hydrogen) atoms. The van der Waals surface area contributed by atoms with Gasteiger partial charge in [-0.2, -0.15) is 4.39 Å². The molecule has 2 N–H and O–H groups in total. The van der Waals surface area contributed by atoms with Crippen LogP contribution in [0, 0.1) is 23.3 Å². The van der Waals surface area contributed by atoms with Crippen LogP contribution < -0.4 is 14.8 Å². The zero-order valence-electron chi connectivity index (χ0n) is 18.1. The van der Waals surface area contributed by atoms with Crippen LogP contribution in [0.1, 0.15) is 5.56 Å². The number of aromatic nitrogens is 3. The number of hydrogen-bond donors (Lipinski definition) is 2. The molecule has 0 saturated heterocycles. The van der Waals surface area contributed by atoms with Crippen molar-refractivity contribution in [1.82, 2.24) is 15.0 Å². The monoisotopic (exact) mass is 503 g/mol. The Bertz CT molecular complexity index is 1340. The van der Waals surface area contributed by atoms with Crippen LogP contribution in [-0.4, -0.2) is 26.6 Å². The Morgan fingerprint density at radius 2 is 1.74 bits per heavy atom. The topological polar surface area (TPSA) is 95.0 Å². The molecule has 0 aliphatic carbocycles. The number of ether oxygens (including phenoxy) is 1. The second kappa shape index (κ2) is 10.6. The number of nitrogens with zero attached hydrogens (tertiary/aromatic N) is 3. The normalized spacial score (nSPS) is 11.7. The predicted octanol–water partition coefficient (Wildman–Crippen LogP) is 5.20. The fraction of sp³-hybridized carbons (Fsp3) is 0.0870. The molecule has 0 aliphatic rings. The van der Waals surface area contributed by atoms with Crippen molar-refractivity contribution < 1.29 is 26.9 Å². The summed E-state index contributed by atoms with van der Waals surface area (Å²) in [6, 6.07) is 10.4. The number of halogens is 4. The van der Waals surface area contributed by atoms with Gasteiger partial charge < -0.3 is 14.6 Å². The molecule has 1 unspecified atom stereocenters. The molecule has 2 aromatic carbocycles. The number of pyridine rings is 1. The van der Waals surface area contributed by atoms with Crippen LogP contribution >= 0.6 is 0 Å². The van der Waals surface area contributed by atoms with Crippen LogP contribution in [-0.2, 0) is 17.1 Å². The third kappa shape index (κ3) is 5.61. The fourth-order valence-corrected chi connectivity index (χ4v) is 4.01. The first kappa shape index (κ1) is 24.2. The summed E-state index contributed by atoms with van der Waals surface area (Å²) in [5.41, 5.74) is 0.232. The van der Waals surface area contributed by atoms with E-state index >= 15 is 0 Å². The summed E-state index contributed by atoms with van der Waals surface area (Å²) < 4.78 is 77.0. The van der Waals surface area contributed by atoms with Crippen LogP contribution in [0.25, 0.3) is 11.3 Å². The van der Waals surface area contributed by atoms with Gasteiger partial charge in [0.25, 0.3) is 0 Å². The highest BCUT2D eigenvalue weighted by atomic mass is 32.2. The minimum atomic E-state index is -2.03. The third-order valence-electron chi connectivity index (χ3n) is 4.69.